The van der Waals surface area contributed by atoms with Crippen LogP contribution in [0.4, 0.5) is 0 Å². The Balaban J connectivity index is 2.10. The summed E-state index contributed by atoms with van der Waals surface area (Å²) in [4.78, 5) is 15.2. The quantitative estimate of drug-likeness (QED) is 0.850. The average molecular weight is 219 g/mol. The molecule has 1 fully saturated rings. The van der Waals surface area contributed by atoms with E-state index in [0.717, 1.165) is 12.1 Å². The second kappa shape index (κ2) is 5.10. The van der Waals surface area contributed by atoms with Gasteiger partial charge in [0.05, 0.1) is 11.3 Å². The fourth-order valence-electron chi connectivity index (χ4n) is 2.46. The van der Waals surface area contributed by atoms with Gasteiger partial charge in [0.25, 0.3) is 0 Å². The lowest BCUT2D eigenvalue weighted by Gasteiger charge is -2.21. The predicted molar refractivity (Wildman–Crippen MR) is 61.5 cm³/mol. The van der Waals surface area contributed by atoms with E-state index in [-0.39, 0.29) is 0 Å². The zero-order chi connectivity index (χ0) is 11.4. The van der Waals surface area contributed by atoms with E-state index in [1.54, 1.807) is 18.3 Å². The summed E-state index contributed by atoms with van der Waals surface area (Å²) in [5.74, 6) is -0.236. The SMILES string of the molecule is O=C(O)c1cccnc1CC1CCCCC1. The standard InChI is InChI=1S/C13H17NO2/c15-13(16)11-7-4-8-14-12(11)9-10-5-2-1-3-6-10/h4,7-8,10H,1-3,5-6,9H2,(H,15,16). The van der Waals surface area contributed by atoms with Gasteiger partial charge in [0.2, 0.25) is 0 Å². The highest BCUT2D eigenvalue weighted by Gasteiger charge is 2.18. The van der Waals surface area contributed by atoms with Gasteiger partial charge >= 0.3 is 5.97 Å². The highest BCUT2D eigenvalue weighted by atomic mass is 16.4. The average Bonchev–Trinajstić information content (AvgIpc) is 2.31. The number of nitrogens with zero attached hydrogens (tertiary/aromatic N) is 1. The molecule has 86 valence electrons. The van der Waals surface area contributed by atoms with Gasteiger partial charge in [-0.05, 0) is 24.5 Å². The fraction of sp³-hybridized carbons (Fsp3) is 0.538. The van der Waals surface area contributed by atoms with Gasteiger partial charge in [-0.2, -0.15) is 0 Å². The third-order valence-corrected chi connectivity index (χ3v) is 3.33. The van der Waals surface area contributed by atoms with Crippen LogP contribution in [-0.4, -0.2) is 16.1 Å². The Morgan fingerprint density at radius 1 is 1.38 bits per heavy atom. The highest BCUT2D eigenvalue weighted by molar-refractivity contribution is 5.88. The normalized spacial score (nSPS) is 17.2. The van der Waals surface area contributed by atoms with E-state index in [2.05, 4.69) is 4.98 Å². The molecule has 0 aromatic carbocycles. The van der Waals surface area contributed by atoms with Gasteiger partial charge in [-0.25, -0.2) is 4.79 Å². The second-order valence-corrected chi connectivity index (χ2v) is 4.51. The van der Waals surface area contributed by atoms with Gasteiger partial charge in [-0.15, -0.1) is 0 Å². The lowest BCUT2D eigenvalue weighted by atomic mass is 9.85. The number of pyridine rings is 1. The van der Waals surface area contributed by atoms with Gasteiger partial charge in [0.15, 0.2) is 0 Å². The second-order valence-electron chi connectivity index (χ2n) is 4.51. The van der Waals surface area contributed by atoms with Gasteiger partial charge < -0.3 is 5.11 Å². The smallest absolute Gasteiger partial charge is 0.337 e. The number of aromatic carboxylic acids is 1. The Labute approximate surface area is 95.5 Å². The molecule has 1 heterocycles. The van der Waals surface area contributed by atoms with Gasteiger partial charge in [-0.3, -0.25) is 4.98 Å². The molecule has 1 aromatic heterocycles. The fourth-order valence-corrected chi connectivity index (χ4v) is 2.46. The number of carboxylic acid groups (broad SMARTS) is 1. The number of rotatable bonds is 3. The van der Waals surface area contributed by atoms with Crippen molar-refractivity contribution in [1.29, 1.82) is 0 Å². The molecule has 16 heavy (non-hydrogen) atoms. The van der Waals surface area contributed by atoms with Crippen molar-refractivity contribution >= 4 is 5.97 Å². The molecule has 0 atom stereocenters. The minimum absolute atomic E-state index is 0.369. The summed E-state index contributed by atoms with van der Waals surface area (Å²) in [6, 6.07) is 3.33. The number of carboxylic acids is 1. The Hall–Kier alpha value is -1.38. The highest BCUT2D eigenvalue weighted by Crippen LogP contribution is 2.27. The van der Waals surface area contributed by atoms with Crippen LogP contribution >= 0.6 is 0 Å². The Kier molecular flexibility index (Phi) is 3.54. The van der Waals surface area contributed by atoms with E-state index in [4.69, 9.17) is 5.11 Å². The first-order chi connectivity index (χ1) is 7.77. The molecule has 0 radical (unpaired) electrons. The largest absolute Gasteiger partial charge is 0.478 e. The van der Waals surface area contributed by atoms with Crippen molar-refractivity contribution in [1.82, 2.24) is 4.98 Å². The zero-order valence-electron chi connectivity index (χ0n) is 9.35. The van der Waals surface area contributed by atoms with Crippen LogP contribution in [0.15, 0.2) is 18.3 Å². The molecule has 0 bridgehead atoms. The van der Waals surface area contributed by atoms with Crippen LogP contribution in [0.2, 0.25) is 0 Å². The summed E-state index contributed by atoms with van der Waals surface area (Å²) in [5.41, 5.74) is 1.12. The molecule has 1 aliphatic rings. The predicted octanol–water partition coefficient (Wildman–Crippen LogP) is 2.90. The van der Waals surface area contributed by atoms with Crippen molar-refractivity contribution in [3.63, 3.8) is 0 Å². The van der Waals surface area contributed by atoms with Crippen molar-refractivity contribution in [2.24, 2.45) is 5.92 Å². The lowest BCUT2D eigenvalue weighted by molar-refractivity contribution is 0.0694. The summed E-state index contributed by atoms with van der Waals surface area (Å²) in [7, 11) is 0. The molecule has 1 N–H and O–H groups in total. The molecule has 3 heteroatoms. The van der Waals surface area contributed by atoms with Gasteiger partial charge in [0, 0.05) is 6.20 Å². The molecule has 0 unspecified atom stereocenters. The topological polar surface area (TPSA) is 50.2 Å². The molecule has 1 saturated carbocycles. The molecular weight excluding hydrogens is 202 g/mol. The number of hydrogen-bond donors (Lipinski definition) is 1. The minimum Gasteiger partial charge on any atom is -0.478 e. The molecule has 0 amide bonds. The van der Waals surface area contributed by atoms with E-state index in [9.17, 15) is 4.79 Å². The van der Waals surface area contributed by atoms with Gasteiger partial charge in [-0.1, -0.05) is 32.1 Å². The first kappa shape index (κ1) is 11.1. The van der Waals surface area contributed by atoms with E-state index < -0.39 is 5.97 Å². The maximum absolute atomic E-state index is 11.0. The molecule has 0 spiro atoms. The maximum Gasteiger partial charge on any atom is 0.337 e. The molecule has 1 aliphatic carbocycles. The van der Waals surface area contributed by atoms with Crippen LogP contribution in [0.5, 0.6) is 0 Å². The monoisotopic (exact) mass is 219 g/mol. The van der Waals surface area contributed by atoms with Crippen LogP contribution in [-0.2, 0) is 6.42 Å². The molecule has 0 saturated heterocycles. The Morgan fingerprint density at radius 2 is 2.12 bits per heavy atom. The van der Waals surface area contributed by atoms with E-state index in [1.165, 1.54) is 32.1 Å². The molecule has 0 aliphatic heterocycles. The maximum atomic E-state index is 11.0. The Bertz CT molecular complexity index is 370. The van der Waals surface area contributed by atoms with Gasteiger partial charge in [0.1, 0.15) is 0 Å². The minimum atomic E-state index is -0.862. The van der Waals surface area contributed by atoms with E-state index >= 15 is 0 Å². The summed E-state index contributed by atoms with van der Waals surface area (Å²) in [5, 5.41) is 9.06. The summed E-state index contributed by atoms with van der Waals surface area (Å²) in [6.07, 6.45) is 8.82. The third-order valence-electron chi connectivity index (χ3n) is 3.33. The Morgan fingerprint density at radius 3 is 2.81 bits per heavy atom. The zero-order valence-corrected chi connectivity index (χ0v) is 9.35. The number of carbonyl (C=O) groups is 1. The number of hydrogen-bond acceptors (Lipinski definition) is 2. The van der Waals surface area contributed by atoms with Crippen molar-refractivity contribution in [2.75, 3.05) is 0 Å². The lowest BCUT2D eigenvalue weighted by Crippen LogP contribution is -2.13. The summed E-state index contributed by atoms with van der Waals surface area (Å²) >= 11 is 0. The van der Waals surface area contributed by atoms with Crippen LogP contribution in [0.1, 0.15) is 48.2 Å². The molecular formula is C13H17NO2. The van der Waals surface area contributed by atoms with Crippen LogP contribution in [0.25, 0.3) is 0 Å². The van der Waals surface area contributed by atoms with Crippen molar-refractivity contribution in [2.45, 2.75) is 38.5 Å². The van der Waals surface area contributed by atoms with E-state index in [1.807, 2.05) is 0 Å². The van der Waals surface area contributed by atoms with Crippen LogP contribution in [0, 0.1) is 5.92 Å². The third kappa shape index (κ3) is 2.60. The molecule has 3 nitrogen and oxygen atoms in total. The molecule has 1 aromatic rings. The summed E-state index contributed by atoms with van der Waals surface area (Å²) in [6.45, 7) is 0. The molecule has 2 rings (SSSR count). The van der Waals surface area contributed by atoms with Crippen molar-refractivity contribution < 1.29 is 9.90 Å². The first-order valence-corrected chi connectivity index (χ1v) is 5.94. The van der Waals surface area contributed by atoms with E-state index in [0.29, 0.717) is 11.5 Å². The van der Waals surface area contributed by atoms with Crippen LogP contribution in [0.3, 0.4) is 0 Å². The first-order valence-electron chi connectivity index (χ1n) is 5.94. The van der Waals surface area contributed by atoms with Crippen molar-refractivity contribution in [3.05, 3.63) is 29.6 Å². The summed E-state index contributed by atoms with van der Waals surface area (Å²) < 4.78 is 0. The van der Waals surface area contributed by atoms with Crippen LogP contribution < -0.4 is 0 Å². The number of aromatic nitrogens is 1. The van der Waals surface area contributed by atoms with Crippen molar-refractivity contribution in [3.8, 4) is 0 Å².